The number of rotatable bonds is 6. The van der Waals surface area contributed by atoms with Crippen LogP contribution in [-0.2, 0) is 6.42 Å². The van der Waals surface area contributed by atoms with Crippen LogP contribution in [0, 0.1) is 0 Å². The molecule has 2 amide bonds. The summed E-state index contributed by atoms with van der Waals surface area (Å²) in [5.41, 5.74) is 1.96. The van der Waals surface area contributed by atoms with Crippen molar-refractivity contribution in [2.75, 3.05) is 26.0 Å². The molecule has 0 spiro atoms. The maximum Gasteiger partial charge on any atom is 0.271 e. The average molecular weight is 313 g/mol. The second-order valence-electron chi connectivity index (χ2n) is 4.84. The minimum absolute atomic E-state index is 0.101. The van der Waals surface area contributed by atoms with Gasteiger partial charge in [0.1, 0.15) is 5.82 Å². The number of hydrogen-bond donors (Lipinski definition) is 3. The van der Waals surface area contributed by atoms with E-state index < -0.39 is 0 Å². The number of carbonyl (C=O) groups excluding carboxylic acids is 2. The van der Waals surface area contributed by atoms with Gasteiger partial charge >= 0.3 is 0 Å². The molecule has 0 atom stereocenters. The molecule has 1 aromatic heterocycles. The summed E-state index contributed by atoms with van der Waals surface area (Å²) in [4.78, 5) is 23.0. The molecule has 0 saturated carbocycles. The first-order valence-corrected chi connectivity index (χ1v) is 7.24. The average Bonchev–Trinajstić information content (AvgIpc) is 2.61. The normalized spacial score (nSPS) is 10.0. The highest BCUT2D eigenvalue weighted by Gasteiger charge is 2.06. The van der Waals surface area contributed by atoms with Crippen molar-refractivity contribution >= 4 is 17.6 Å². The largest absolute Gasteiger partial charge is 0.368 e. The number of amides is 2. The van der Waals surface area contributed by atoms with Crippen molar-refractivity contribution in [1.82, 2.24) is 20.8 Å². The maximum atomic E-state index is 11.6. The smallest absolute Gasteiger partial charge is 0.271 e. The Balaban J connectivity index is 1.90. The van der Waals surface area contributed by atoms with Gasteiger partial charge in [0.05, 0.1) is 0 Å². The van der Waals surface area contributed by atoms with Crippen LogP contribution < -0.4 is 16.0 Å². The number of aromatic nitrogens is 2. The molecule has 0 aliphatic heterocycles. The summed E-state index contributed by atoms with van der Waals surface area (Å²) in [6.45, 7) is 0.644. The SMILES string of the molecule is CNC(=O)c1cccc(CCNc2ccc(C(=O)NC)nn2)c1. The van der Waals surface area contributed by atoms with Crippen molar-refractivity contribution in [3.8, 4) is 0 Å². The second-order valence-corrected chi connectivity index (χ2v) is 4.84. The number of nitrogens with one attached hydrogen (secondary N) is 3. The zero-order valence-electron chi connectivity index (χ0n) is 13.1. The fraction of sp³-hybridized carbons (Fsp3) is 0.250. The van der Waals surface area contributed by atoms with Gasteiger partial charge in [0.15, 0.2) is 5.69 Å². The van der Waals surface area contributed by atoms with E-state index in [1.165, 1.54) is 0 Å². The van der Waals surface area contributed by atoms with Gasteiger partial charge in [0.2, 0.25) is 0 Å². The summed E-state index contributed by atoms with van der Waals surface area (Å²) >= 11 is 0. The Kier molecular flexibility index (Phi) is 5.62. The zero-order valence-corrected chi connectivity index (χ0v) is 13.1. The third kappa shape index (κ3) is 4.50. The monoisotopic (exact) mass is 313 g/mol. The van der Waals surface area contributed by atoms with E-state index in [1.54, 1.807) is 32.3 Å². The molecule has 0 bridgehead atoms. The molecule has 0 radical (unpaired) electrons. The van der Waals surface area contributed by atoms with Crippen LogP contribution in [0.2, 0.25) is 0 Å². The Labute approximate surface area is 134 Å². The van der Waals surface area contributed by atoms with Crippen molar-refractivity contribution in [2.24, 2.45) is 0 Å². The first-order valence-electron chi connectivity index (χ1n) is 7.24. The minimum atomic E-state index is -0.268. The van der Waals surface area contributed by atoms with Gasteiger partial charge in [-0.1, -0.05) is 12.1 Å². The summed E-state index contributed by atoms with van der Waals surface area (Å²) in [6, 6.07) is 10.8. The van der Waals surface area contributed by atoms with E-state index in [2.05, 4.69) is 26.1 Å². The molecule has 1 heterocycles. The molecule has 1 aromatic carbocycles. The molecule has 120 valence electrons. The lowest BCUT2D eigenvalue weighted by Gasteiger charge is -2.07. The number of anilines is 1. The zero-order chi connectivity index (χ0) is 16.7. The van der Waals surface area contributed by atoms with E-state index in [-0.39, 0.29) is 17.5 Å². The van der Waals surface area contributed by atoms with Crippen LogP contribution in [0.25, 0.3) is 0 Å². The fourth-order valence-electron chi connectivity index (χ4n) is 2.02. The van der Waals surface area contributed by atoms with Gasteiger partial charge in [-0.05, 0) is 36.2 Å². The van der Waals surface area contributed by atoms with Gasteiger partial charge in [-0.25, -0.2) is 0 Å². The molecule has 7 nitrogen and oxygen atoms in total. The third-order valence-electron chi connectivity index (χ3n) is 3.26. The second kappa shape index (κ2) is 7.88. The van der Waals surface area contributed by atoms with Crippen LogP contribution >= 0.6 is 0 Å². The number of benzene rings is 1. The molecule has 0 fully saturated rings. The molecule has 2 aromatic rings. The summed E-state index contributed by atoms with van der Waals surface area (Å²) in [5.74, 6) is 0.227. The van der Waals surface area contributed by atoms with Crippen LogP contribution in [0.1, 0.15) is 26.4 Å². The van der Waals surface area contributed by atoms with Crippen molar-refractivity contribution in [3.05, 3.63) is 53.2 Å². The molecule has 0 aliphatic rings. The lowest BCUT2D eigenvalue weighted by Crippen LogP contribution is -2.20. The molecule has 0 saturated heterocycles. The van der Waals surface area contributed by atoms with Crippen molar-refractivity contribution < 1.29 is 9.59 Å². The highest BCUT2D eigenvalue weighted by atomic mass is 16.2. The maximum absolute atomic E-state index is 11.6. The molecule has 2 rings (SSSR count). The third-order valence-corrected chi connectivity index (χ3v) is 3.26. The van der Waals surface area contributed by atoms with Crippen LogP contribution in [0.4, 0.5) is 5.82 Å². The van der Waals surface area contributed by atoms with Gasteiger partial charge in [-0.15, -0.1) is 10.2 Å². The number of carbonyl (C=O) groups is 2. The minimum Gasteiger partial charge on any atom is -0.368 e. The van der Waals surface area contributed by atoms with Gasteiger partial charge in [0, 0.05) is 26.2 Å². The Bertz CT molecular complexity index is 685. The Hall–Kier alpha value is -2.96. The first kappa shape index (κ1) is 16.4. The van der Waals surface area contributed by atoms with Gasteiger partial charge in [0.25, 0.3) is 11.8 Å². The lowest BCUT2D eigenvalue weighted by molar-refractivity contribution is 0.0951. The predicted octanol–water partition coefficient (Wildman–Crippen LogP) is 0.850. The molecule has 0 unspecified atom stereocenters. The summed E-state index contributed by atoms with van der Waals surface area (Å²) in [7, 11) is 3.15. The van der Waals surface area contributed by atoms with Crippen LogP contribution in [0.15, 0.2) is 36.4 Å². The molecule has 7 heteroatoms. The van der Waals surface area contributed by atoms with Gasteiger partial charge in [-0.3, -0.25) is 9.59 Å². The van der Waals surface area contributed by atoms with E-state index in [0.29, 0.717) is 17.9 Å². The van der Waals surface area contributed by atoms with E-state index in [4.69, 9.17) is 0 Å². The fourth-order valence-corrected chi connectivity index (χ4v) is 2.02. The molecular weight excluding hydrogens is 294 g/mol. The Morgan fingerprint density at radius 2 is 1.78 bits per heavy atom. The Morgan fingerprint density at radius 1 is 1.00 bits per heavy atom. The summed E-state index contributed by atoms with van der Waals surface area (Å²) in [6.07, 6.45) is 0.740. The van der Waals surface area contributed by atoms with E-state index in [1.807, 2.05) is 18.2 Å². The molecule has 0 aliphatic carbocycles. The van der Waals surface area contributed by atoms with Crippen LogP contribution in [0.5, 0.6) is 0 Å². The summed E-state index contributed by atoms with van der Waals surface area (Å²) < 4.78 is 0. The highest BCUT2D eigenvalue weighted by Crippen LogP contribution is 2.07. The van der Waals surface area contributed by atoms with Gasteiger partial charge < -0.3 is 16.0 Å². The van der Waals surface area contributed by atoms with Gasteiger partial charge in [-0.2, -0.15) is 0 Å². The van der Waals surface area contributed by atoms with Crippen molar-refractivity contribution in [3.63, 3.8) is 0 Å². The quantitative estimate of drug-likeness (QED) is 0.735. The molecule has 23 heavy (non-hydrogen) atoms. The van der Waals surface area contributed by atoms with E-state index >= 15 is 0 Å². The van der Waals surface area contributed by atoms with Crippen molar-refractivity contribution in [2.45, 2.75) is 6.42 Å². The van der Waals surface area contributed by atoms with E-state index in [9.17, 15) is 9.59 Å². The standard InChI is InChI=1S/C16H19N5O2/c1-17-15(22)12-5-3-4-11(10-12)8-9-19-14-7-6-13(20-21-14)16(23)18-2/h3-7,10H,8-9H2,1-2H3,(H,17,22)(H,18,23)(H,19,21). The summed E-state index contributed by atoms with van der Waals surface area (Å²) in [5, 5.41) is 16.0. The lowest BCUT2D eigenvalue weighted by atomic mass is 10.1. The van der Waals surface area contributed by atoms with E-state index in [0.717, 1.165) is 12.0 Å². The number of nitrogens with zero attached hydrogens (tertiary/aromatic N) is 2. The molecular formula is C16H19N5O2. The topological polar surface area (TPSA) is 96.0 Å². The molecule has 3 N–H and O–H groups in total. The predicted molar refractivity (Wildman–Crippen MR) is 87.4 cm³/mol. The van der Waals surface area contributed by atoms with Crippen LogP contribution in [-0.4, -0.2) is 42.7 Å². The van der Waals surface area contributed by atoms with Crippen LogP contribution in [0.3, 0.4) is 0 Å². The Morgan fingerprint density at radius 3 is 2.43 bits per heavy atom. The van der Waals surface area contributed by atoms with Crippen molar-refractivity contribution in [1.29, 1.82) is 0 Å². The number of hydrogen-bond acceptors (Lipinski definition) is 5. The highest BCUT2D eigenvalue weighted by molar-refractivity contribution is 5.94. The first-order chi connectivity index (χ1) is 11.1.